The van der Waals surface area contributed by atoms with Gasteiger partial charge in [-0.3, -0.25) is 9.59 Å². The minimum Gasteiger partial charge on any atom is -0.483 e. The molecule has 0 aliphatic carbocycles. The fourth-order valence-electron chi connectivity index (χ4n) is 2.35. The zero-order valence-electron chi connectivity index (χ0n) is 13.8. The van der Waals surface area contributed by atoms with Crippen molar-refractivity contribution in [1.29, 1.82) is 0 Å². The number of amides is 2. The van der Waals surface area contributed by atoms with E-state index in [4.69, 9.17) is 22.1 Å². The van der Waals surface area contributed by atoms with Gasteiger partial charge in [0.25, 0.3) is 11.8 Å². The van der Waals surface area contributed by atoms with Crippen LogP contribution >= 0.6 is 11.6 Å². The molecule has 0 radical (unpaired) electrons. The lowest BCUT2D eigenvalue weighted by molar-refractivity contribution is -0.118. The van der Waals surface area contributed by atoms with Crippen LogP contribution in [0.3, 0.4) is 0 Å². The first-order valence-corrected chi connectivity index (χ1v) is 7.75. The van der Waals surface area contributed by atoms with E-state index in [9.17, 15) is 9.59 Å². The number of anilines is 1. The molecule has 0 saturated heterocycles. The summed E-state index contributed by atoms with van der Waals surface area (Å²) in [6.07, 6.45) is 0. The van der Waals surface area contributed by atoms with Crippen molar-refractivity contribution >= 4 is 29.1 Å². The summed E-state index contributed by atoms with van der Waals surface area (Å²) in [5, 5.41) is 3.19. The van der Waals surface area contributed by atoms with E-state index in [-0.39, 0.29) is 23.8 Å². The Bertz CT molecular complexity index is 780. The van der Waals surface area contributed by atoms with Crippen molar-refractivity contribution in [3.63, 3.8) is 0 Å². The fourth-order valence-corrected chi connectivity index (χ4v) is 2.71. The lowest BCUT2D eigenvalue weighted by Crippen LogP contribution is -2.22. The predicted molar refractivity (Wildman–Crippen MR) is 94.7 cm³/mol. The van der Waals surface area contributed by atoms with Crippen LogP contribution in [0.5, 0.6) is 5.75 Å². The molecule has 126 valence electrons. The van der Waals surface area contributed by atoms with Crippen molar-refractivity contribution in [3.8, 4) is 5.75 Å². The van der Waals surface area contributed by atoms with Gasteiger partial charge in [-0.15, -0.1) is 0 Å². The number of hydrogen-bond donors (Lipinski definition) is 2. The number of ether oxygens (including phenoxy) is 1. The standard InChI is InChI=1S/C18H19ClN2O3/c1-10-4-5-13(18(20)23)15(8-10)24-9-16(22)21-17-12(3)6-11(2)7-14(17)19/h4-8H,9H2,1-3H3,(H2,20,23)(H,21,22). The maximum Gasteiger partial charge on any atom is 0.262 e. The van der Waals surface area contributed by atoms with Gasteiger partial charge in [-0.1, -0.05) is 23.7 Å². The second kappa shape index (κ2) is 7.36. The molecule has 0 aliphatic rings. The van der Waals surface area contributed by atoms with Crippen molar-refractivity contribution in [2.75, 3.05) is 11.9 Å². The summed E-state index contributed by atoms with van der Waals surface area (Å²) >= 11 is 6.17. The maximum absolute atomic E-state index is 12.1. The van der Waals surface area contributed by atoms with E-state index in [1.165, 1.54) is 0 Å². The van der Waals surface area contributed by atoms with Crippen molar-refractivity contribution in [1.82, 2.24) is 0 Å². The van der Waals surface area contributed by atoms with Crippen LogP contribution in [0.1, 0.15) is 27.0 Å². The van der Waals surface area contributed by atoms with Gasteiger partial charge in [-0.05, 0) is 55.7 Å². The van der Waals surface area contributed by atoms with Gasteiger partial charge in [-0.2, -0.15) is 0 Å². The number of aryl methyl sites for hydroxylation is 3. The highest BCUT2D eigenvalue weighted by Gasteiger charge is 2.13. The van der Waals surface area contributed by atoms with Crippen LogP contribution in [0.15, 0.2) is 30.3 Å². The van der Waals surface area contributed by atoms with Gasteiger partial charge in [-0.25, -0.2) is 0 Å². The smallest absolute Gasteiger partial charge is 0.262 e. The van der Waals surface area contributed by atoms with Crippen molar-refractivity contribution < 1.29 is 14.3 Å². The number of rotatable bonds is 5. The molecule has 0 aromatic heterocycles. The quantitative estimate of drug-likeness (QED) is 0.870. The van der Waals surface area contributed by atoms with E-state index in [1.807, 2.05) is 26.8 Å². The van der Waals surface area contributed by atoms with Crippen LogP contribution in [0.4, 0.5) is 5.69 Å². The Balaban J connectivity index is 2.10. The summed E-state index contributed by atoms with van der Waals surface area (Å²) in [6, 6.07) is 8.69. The molecule has 6 heteroatoms. The van der Waals surface area contributed by atoms with Crippen LogP contribution in [0, 0.1) is 20.8 Å². The molecule has 2 aromatic carbocycles. The normalized spacial score (nSPS) is 10.3. The minimum atomic E-state index is -0.608. The second-order valence-corrected chi connectivity index (χ2v) is 6.05. The lowest BCUT2D eigenvalue weighted by Gasteiger charge is -2.13. The Labute approximate surface area is 145 Å². The van der Waals surface area contributed by atoms with Gasteiger partial charge >= 0.3 is 0 Å². The van der Waals surface area contributed by atoms with E-state index in [2.05, 4.69) is 5.32 Å². The maximum atomic E-state index is 12.1. The molecule has 0 atom stereocenters. The predicted octanol–water partition coefficient (Wildman–Crippen LogP) is 3.38. The number of carbonyl (C=O) groups is 2. The Morgan fingerprint density at radius 3 is 2.46 bits per heavy atom. The summed E-state index contributed by atoms with van der Waals surface area (Å²) in [4.78, 5) is 23.5. The van der Waals surface area contributed by atoms with Gasteiger partial charge in [0, 0.05) is 0 Å². The number of hydrogen-bond acceptors (Lipinski definition) is 3. The third kappa shape index (κ3) is 4.26. The number of benzene rings is 2. The SMILES string of the molecule is Cc1cc(C)c(NC(=O)COc2cc(C)ccc2C(N)=O)c(Cl)c1. The lowest BCUT2D eigenvalue weighted by atomic mass is 10.1. The minimum absolute atomic E-state index is 0.234. The molecule has 0 bridgehead atoms. The number of nitrogens with one attached hydrogen (secondary N) is 1. The Morgan fingerprint density at radius 1 is 1.12 bits per heavy atom. The highest BCUT2D eigenvalue weighted by atomic mass is 35.5. The van der Waals surface area contributed by atoms with Crippen molar-refractivity contribution in [2.24, 2.45) is 5.73 Å². The van der Waals surface area contributed by atoms with Crippen LogP contribution in [0.2, 0.25) is 5.02 Å². The van der Waals surface area contributed by atoms with Crippen LogP contribution in [-0.2, 0) is 4.79 Å². The molecule has 2 amide bonds. The van der Waals surface area contributed by atoms with Gasteiger partial charge in [0.05, 0.1) is 16.3 Å². The Hall–Kier alpha value is -2.53. The van der Waals surface area contributed by atoms with Gasteiger partial charge in [0.15, 0.2) is 6.61 Å². The topological polar surface area (TPSA) is 81.4 Å². The molecule has 0 saturated carbocycles. The van der Waals surface area contributed by atoms with Gasteiger partial charge in [0.2, 0.25) is 0 Å². The number of primary amides is 1. The molecular weight excluding hydrogens is 328 g/mol. The second-order valence-electron chi connectivity index (χ2n) is 5.64. The molecule has 0 unspecified atom stereocenters. The summed E-state index contributed by atoms with van der Waals surface area (Å²) in [5.74, 6) is -0.701. The fraction of sp³-hybridized carbons (Fsp3) is 0.222. The first-order valence-electron chi connectivity index (χ1n) is 7.37. The monoisotopic (exact) mass is 346 g/mol. The molecule has 2 rings (SSSR count). The molecule has 0 aliphatic heterocycles. The Kier molecular flexibility index (Phi) is 5.46. The molecule has 0 heterocycles. The third-order valence-electron chi connectivity index (χ3n) is 3.46. The van der Waals surface area contributed by atoms with Crippen LogP contribution in [0.25, 0.3) is 0 Å². The van der Waals surface area contributed by atoms with E-state index >= 15 is 0 Å². The summed E-state index contributed by atoms with van der Waals surface area (Å²) in [7, 11) is 0. The van der Waals surface area contributed by atoms with E-state index in [0.29, 0.717) is 10.7 Å². The molecule has 0 fully saturated rings. The van der Waals surface area contributed by atoms with Gasteiger partial charge < -0.3 is 15.8 Å². The van der Waals surface area contributed by atoms with E-state index in [0.717, 1.165) is 16.7 Å². The highest BCUT2D eigenvalue weighted by molar-refractivity contribution is 6.34. The molecule has 5 nitrogen and oxygen atoms in total. The number of halogens is 1. The molecule has 3 N–H and O–H groups in total. The summed E-state index contributed by atoms with van der Waals surface area (Å²) < 4.78 is 5.46. The number of carbonyl (C=O) groups excluding carboxylic acids is 2. The molecular formula is C18H19ClN2O3. The Morgan fingerprint density at radius 2 is 1.83 bits per heavy atom. The largest absolute Gasteiger partial charge is 0.483 e. The van der Waals surface area contributed by atoms with Crippen molar-refractivity contribution in [3.05, 3.63) is 57.6 Å². The average Bonchev–Trinajstić information content (AvgIpc) is 2.48. The molecule has 24 heavy (non-hydrogen) atoms. The summed E-state index contributed by atoms with van der Waals surface area (Å²) in [5.41, 5.74) is 8.87. The average molecular weight is 347 g/mol. The van der Waals surface area contributed by atoms with E-state index < -0.39 is 5.91 Å². The third-order valence-corrected chi connectivity index (χ3v) is 3.76. The molecule has 2 aromatic rings. The summed E-state index contributed by atoms with van der Waals surface area (Å²) in [6.45, 7) is 5.39. The van der Waals surface area contributed by atoms with Gasteiger partial charge in [0.1, 0.15) is 5.75 Å². The highest BCUT2D eigenvalue weighted by Crippen LogP contribution is 2.27. The first-order chi connectivity index (χ1) is 11.3. The van der Waals surface area contributed by atoms with Crippen molar-refractivity contribution in [2.45, 2.75) is 20.8 Å². The molecule has 0 spiro atoms. The zero-order valence-corrected chi connectivity index (χ0v) is 14.5. The number of nitrogens with two attached hydrogens (primary N) is 1. The van der Waals surface area contributed by atoms with E-state index in [1.54, 1.807) is 24.3 Å². The van der Waals surface area contributed by atoms with Crippen LogP contribution < -0.4 is 15.8 Å². The van der Waals surface area contributed by atoms with Crippen LogP contribution in [-0.4, -0.2) is 18.4 Å². The first kappa shape index (κ1) is 17.8. The zero-order chi connectivity index (χ0) is 17.9.